The maximum atomic E-state index is 13.1. The average Bonchev–Trinajstić information content (AvgIpc) is 3.21. The molecule has 0 saturated carbocycles. The van der Waals surface area contributed by atoms with Crippen LogP contribution < -0.4 is 11.1 Å². The van der Waals surface area contributed by atoms with Crippen molar-refractivity contribution in [2.75, 3.05) is 11.9 Å². The number of pyridine rings is 1. The molecule has 3 aromatic rings. The Balaban J connectivity index is 1.56. The van der Waals surface area contributed by atoms with E-state index in [1.165, 1.54) is 18.5 Å². The molecule has 0 radical (unpaired) electrons. The highest BCUT2D eigenvalue weighted by molar-refractivity contribution is 7.16. The van der Waals surface area contributed by atoms with Gasteiger partial charge in [0.05, 0.1) is 39.2 Å². The van der Waals surface area contributed by atoms with Gasteiger partial charge in [0.25, 0.3) is 0 Å². The highest BCUT2D eigenvalue weighted by Gasteiger charge is 2.34. The van der Waals surface area contributed by atoms with Gasteiger partial charge in [-0.2, -0.15) is 0 Å². The Morgan fingerprint density at radius 1 is 1.20 bits per heavy atom. The molecule has 0 aliphatic carbocycles. The minimum absolute atomic E-state index is 0.154. The summed E-state index contributed by atoms with van der Waals surface area (Å²) in [6.45, 7) is 2.56. The van der Waals surface area contributed by atoms with E-state index in [1.807, 2.05) is 18.2 Å². The van der Waals surface area contributed by atoms with E-state index in [0.29, 0.717) is 12.5 Å². The van der Waals surface area contributed by atoms with Crippen LogP contribution in [0.2, 0.25) is 0 Å². The minimum Gasteiger partial charge on any atom is -0.366 e. The minimum atomic E-state index is -0.771. The molecule has 0 unspecified atom stereocenters. The number of piperidine rings is 1. The fourth-order valence-corrected chi connectivity index (χ4v) is 4.42. The van der Waals surface area contributed by atoms with Gasteiger partial charge in [0.1, 0.15) is 0 Å². The summed E-state index contributed by atoms with van der Waals surface area (Å²) in [5.41, 5.74) is 9.30. The van der Waals surface area contributed by atoms with Crippen molar-refractivity contribution in [3.05, 3.63) is 53.3 Å². The van der Waals surface area contributed by atoms with E-state index in [0.717, 1.165) is 28.6 Å². The first-order valence-electron chi connectivity index (χ1n) is 9.62. The second kappa shape index (κ2) is 8.19. The molecule has 3 heterocycles. The zero-order valence-corrected chi connectivity index (χ0v) is 17.2. The first-order chi connectivity index (χ1) is 14.4. The average molecular weight is 423 g/mol. The number of fused-ring (bicyclic) bond motifs is 1. The zero-order chi connectivity index (χ0) is 21.3. The number of hydrogen-bond acceptors (Lipinski definition) is 6. The Morgan fingerprint density at radius 3 is 2.83 bits per heavy atom. The van der Waals surface area contributed by atoms with Crippen molar-refractivity contribution in [1.82, 2.24) is 14.9 Å². The number of anilines is 1. The largest absolute Gasteiger partial charge is 0.366 e. The maximum Gasteiger partial charge on any atom is 0.313 e. The van der Waals surface area contributed by atoms with Crippen molar-refractivity contribution >= 4 is 45.0 Å². The van der Waals surface area contributed by atoms with Crippen LogP contribution in [0.3, 0.4) is 0 Å². The number of hydrogen-bond donors (Lipinski definition) is 2. The third kappa shape index (κ3) is 4.02. The Hall–Kier alpha value is -3.33. The summed E-state index contributed by atoms with van der Waals surface area (Å²) in [5, 5.41) is 2.54. The molecule has 8 nitrogen and oxygen atoms in total. The van der Waals surface area contributed by atoms with Crippen LogP contribution in [0.4, 0.5) is 5.69 Å². The number of aromatic nitrogens is 2. The van der Waals surface area contributed by atoms with E-state index in [2.05, 4.69) is 22.2 Å². The molecule has 154 valence electrons. The van der Waals surface area contributed by atoms with E-state index in [-0.39, 0.29) is 17.3 Å². The number of carbonyl (C=O) groups is 3. The quantitative estimate of drug-likeness (QED) is 0.628. The molecular formula is C21H21N5O3S. The van der Waals surface area contributed by atoms with Gasteiger partial charge in [-0.15, -0.1) is 11.3 Å². The van der Waals surface area contributed by atoms with Crippen LogP contribution in [0.1, 0.15) is 41.7 Å². The van der Waals surface area contributed by atoms with Gasteiger partial charge in [0, 0.05) is 12.7 Å². The molecule has 30 heavy (non-hydrogen) atoms. The second-order valence-electron chi connectivity index (χ2n) is 7.52. The van der Waals surface area contributed by atoms with Gasteiger partial charge in [-0.3, -0.25) is 19.4 Å². The third-order valence-corrected chi connectivity index (χ3v) is 6.10. The number of thiazole rings is 1. The monoisotopic (exact) mass is 423 g/mol. The SMILES string of the molecule is C[C@@H]1CC[C@@H](c2ccc3scnc3c2)N(C(=O)C(=O)Nc2cncc(C(N)=O)c2)C1. The lowest BCUT2D eigenvalue weighted by atomic mass is 9.89. The number of nitrogens with two attached hydrogens (primary N) is 1. The molecule has 1 aromatic carbocycles. The summed E-state index contributed by atoms with van der Waals surface area (Å²) in [5.74, 6) is -1.75. The Kier molecular flexibility index (Phi) is 5.45. The first-order valence-corrected chi connectivity index (χ1v) is 10.5. The lowest BCUT2D eigenvalue weighted by Crippen LogP contribution is -2.46. The lowest BCUT2D eigenvalue weighted by molar-refractivity contribution is -0.146. The van der Waals surface area contributed by atoms with Crippen molar-refractivity contribution in [1.29, 1.82) is 0 Å². The molecule has 0 bridgehead atoms. The Labute approximate surface area is 177 Å². The van der Waals surface area contributed by atoms with Crippen LogP contribution in [0.15, 0.2) is 42.2 Å². The summed E-state index contributed by atoms with van der Waals surface area (Å²) in [7, 11) is 0. The molecule has 1 aliphatic rings. The topological polar surface area (TPSA) is 118 Å². The summed E-state index contributed by atoms with van der Waals surface area (Å²) in [4.78, 5) is 46.9. The van der Waals surface area contributed by atoms with Gasteiger partial charge < -0.3 is 16.0 Å². The summed E-state index contributed by atoms with van der Waals surface area (Å²) >= 11 is 1.56. The Morgan fingerprint density at radius 2 is 2.03 bits per heavy atom. The van der Waals surface area contributed by atoms with Crippen molar-refractivity contribution in [3.8, 4) is 0 Å². The number of primary amides is 1. The van der Waals surface area contributed by atoms with E-state index < -0.39 is 17.7 Å². The number of likely N-dealkylation sites (tertiary alicyclic amines) is 1. The second-order valence-corrected chi connectivity index (χ2v) is 8.40. The normalized spacial score (nSPS) is 18.9. The van der Waals surface area contributed by atoms with E-state index in [4.69, 9.17) is 5.73 Å². The van der Waals surface area contributed by atoms with Crippen LogP contribution in [0, 0.1) is 5.92 Å². The molecule has 0 spiro atoms. The number of nitrogens with one attached hydrogen (secondary N) is 1. The standard InChI is InChI=1S/C21H21N5O3S/c1-12-2-4-17(13-3-5-18-16(7-13)24-11-30-18)26(10-12)21(29)20(28)25-15-6-14(19(22)27)8-23-9-15/h3,5-9,11-12,17H,2,4,10H2,1H3,(H2,22,27)(H,25,28)/t12-,17+/m1/s1. The van der Waals surface area contributed by atoms with Gasteiger partial charge in [-0.25, -0.2) is 4.98 Å². The van der Waals surface area contributed by atoms with Gasteiger partial charge in [0.15, 0.2) is 0 Å². The van der Waals surface area contributed by atoms with Crippen molar-refractivity contribution in [3.63, 3.8) is 0 Å². The smallest absolute Gasteiger partial charge is 0.313 e. The van der Waals surface area contributed by atoms with Crippen LogP contribution >= 0.6 is 11.3 Å². The van der Waals surface area contributed by atoms with E-state index in [1.54, 1.807) is 21.7 Å². The van der Waals surface area contributed by atoms with E-state index >= 15 is 0 Å². The highest BCUT2D eigenvalue weighted by atomic mass is 32.1. The summed E-state index contributed by atoms with van der Waals surface area (Å²) in [6.07, 6.45) is 4.41. The van der Waals surface area contributed by atoms with Crippen LogP contribution in [-0.4, -0.2) is 39.1 Å². The zero-order valence-electron chi connectivity index (χ0n) is 16.4. The van der Waals surface area contributed by atoms with Crippen molar-refractivity contribution < 1.29 is 14.4 Å². The molecule has 1 saturated heterocycles. The first kappa shape index (κ1) is 20.0. The number of nitrogens with zero attached hydrogens (tertiary/aromatic N) is 3. The number of carbonyl (C=O) groups excluding carboxylic acids is 3. The van der Waals surface area contributed by atoms with Crippen LogP contribution in [-0.2, 0) is 9.59 Å². The molecule has 3 amide bonds. The van der Waals surface area contributed by atoms with Crippen LogP contribution in [0.25, 0.3) is 10.2 Å². The molecule has 4 rings (SSSR count). The fourth-order valence-electron chi connectivity index (χ4n) is 3.76. The lowest BCUT2D eigenvalue weighted by Gasteiger charge is -2.38. The predicted molar refractivity (Wildman–Crippen MR) is 114 cm³/mol. The molecule has 2 atom stereocenters. The van der Waals surface area contributed by atoms with Gasteiger partial charge >= 0.3 is 11.8 Å². The van der Waals surface area contributed by atoms with Crippen molar-refractivity contribution in [2.45, 2.75) is 25.8 Å². The Bertz CT molecular complexity index is 1130. The predicted octanol–water partition coefficient (Wildman–Crippen LogP) is 2.73. The number of amides is 3. The van der Waals surface area contributed by atoms with Gasteiger partial charge in [-0.05, 0) is 42.5 Å². The van der Waals surface area contributed by atoms with Crippen molar-refractivity contribution in [2.24, 2.45) is 11.7 Å². The molecule has 1 aliphatic heterocycles. The number of benzene rings is 1. The highest BCUT2D eigenvalue weighted by Crippen LogP contribution is 2.35. The summed E-state index contributed by atoms with van der Waals surface area (Å²) in [6, 6.07) is 7.20. The van der Waals surface area contributed by atoms with Crippen LogP contribution in [0.5, 0.6) is 0 Å². The van der Waals surface area contributed by atoms with Gasteiger partial charge in [-0.1, -0.05) is 13.0 Å². The fraction of sp³-hybridized carbons (Fsp3) is 0.286. The molecule has 2 aromatic heterocycles. The molecule has 3 N–H and O–H groups in total. The van der Waals surface area contributed by atoms with Gasteiger partial charge in [0.2, 0.25) is 5.91 Å². The molecule has 9 heteroatoms. The third-order valence-electron chi connectivity index (χ3n) is 5.29. The molecular weight excluding hydrogens is 402 g/mol. The maximum absolute atomic E-state index is 13.1. The summed E-state index contributed by atoms with van der Waals surface area (Å²) < 4.78 is 1.08. The number of rotatable bonds is 3. The van der Waals surface area contributed by atoms with E-state index in [9.17, 15) is 14.4 Å². The molecule has 1 fully saturated rings.